The Balaban J connectivity index is 2.17. The number of rotatable bonds is 3. The molecular weight excluding hydrogens is 278 g/mol. The van der Waals surface area contributed by atoms with Crippen molar-refractivity contribution in [3.8, 4) is 0 Å². The van der Waals surface area contributed by atoms with Gasteiger partial charge in [0.05, 0.1) is 4.90 Å². The summed E-state index contributed by atoms with van der Waals surface area (Å²) in [6.07, 6.45) is 0.890. The van der Waals surface area contributed by atoms with Gasteiger partial charge in [0, 0.05) is 31.7 Å². The second-order valence-corrected chi connectivity index (χ2v) is 6.84. The first kappa shape index (κ1) is 14.8. The van der Waals surface area contributed by atoms with Crippen molar-refractivity contribution in [3.05, 3.63) is 23.8 Å². The average molecular weight is 297 g/mol. The van der Waals surface area contributed by atoms with Crippen LogP contribution in [0.2, 0.25) is 0 Å². The van der Waals surface area contributed by atoms with Crippen molar-refractivity contribution >= 4 is 21.6 Å². The summed E-state index contributed by atoms with van der Waals surface area (Å²) in [5.74, 6) is 0.0455. The monoisotopic (exact) mass is 297 g/mol. The number of sulfonamides is 1. The molecule has 0 spiro atoms. The highest BCUT2D eigenvalue weighted by atomic mass is 32.2. The number of likely N-dealkylation sites (N-methyl/N-ethyl adjacent to an activating group) is 1. The predicted molar refractivity (Wildman–Crippen MR) is 76.6 cm³/mol. The molecule has 0 bridgehead atoms. The minimum absolute atomic E-state index is 0.0455. The van der Waals surface area contributed by atoms with E-state index >= 15 is 0 Å². The first-order valence-electron chi connectivity index (χ1n) is 6.42. The highest BCUT2D eigenvalue weighted by Crippen LogP contribution is 2.19. The van der Waals surface area contributed by atoms with Gasteiger partial charge in [-0.2, -0.15) is 0 Å². The first-order valence-corrected chi connectivity index (χ1v) is 7.90. The summed E-state index contributed by atoms with van der Waals surface area (Å²) in [4.78, 5) is 13.2. The lowest BCUT2D eigenvalue weighted by molar-refractivity contribution is -0.132. The number of piperidine rings is 1. The summed E-state index contributed by atoms with van der Waals surface area (Å²) in [5, 5.41) is 0. The number of nitrogen functional groups attached to an aromatic ring is 1. The van der Waals surface area contributed by atoms with Crippen LogP contribution in [0.1, 0.15) is 18.4 Å². The summed E-state index contributed by atoms with van der Waals surface area (Å²) in [6.45, 7) is 2.10. The minimum Gasteiger partial charge on any atom is -0.399 e. The van der Waals surface area contributed by atoms with Crippen LogP contribution < -0.4 is 10.5 Å². The molecule has 7 heteroatoms. The van der Waals surface area contributed by atoms with Gasteiger partial charge in [0.25, 0.3) is 0 Å². The number of likely N-dealkylation sites (tertiary alicyclic amines) is 1. The topological polar surface area (TPSA) is 92.5 Å². The van der Waals surface area contributed by atoms with Crippen LogP contribution in [0.25, 0.3) is 0 Å². The van der Waals surface area contributed by atoms with E-state index in [1.165, 1.54) is 6.07 Å². The number of nitrogens with two attached hydrogens (primary N) is 1. The molecule has 0 aliphatic carbocycles. The maximum Gasteiger partial charge on any atom is 0.241 e. The number of anilines is 1. The smallest absolute Gasteiger partial charge is 0.241 e. The second kappa shape index (κ2) is 5.41. The van der Waals surface area contributed by atoms with Gasteiger partial charge in [-0.3, -0.25) is 4.79 Å². The highest BCUT2D eigenvalue weighted by Gasteiger charge is 2.27. The highest BCUT2D eigenvalue weighted by molar-refractivity contribution is 7.89. The lowest BCUT2D eigenvalue weighted by Crippen LogP contribution is -2.48. The van der Waals surface area contributed by atoms with Gasteiger partial charge < -0.3 is 10.6 Å². The van der Waals surface area contributed by atoms with Crippen molar-refractivity contribution in [3.63, 3.8) is 0 Å². The number of benzene rings is 1. The SMILES string of the molecule is Cc1cc(N)ccc1S(=O)(=O)NC1CCC(=O)N(C)C1. The van der Waals surface area contributed by atoms with Crippen LogP contribution >= 0.6 is 0 Å². The maximum absolute atomic E-state index is 12.4. The Morgan fingerprint density at radius 2 is 2.10 bits per heavy atom. The Bertz CT molecular complexity index is 628. The third-order valence-electron chi connectivity index (χ3n) is 3.44. The summed E-state index contributed by atoms with van der Waals surface area (Å²) in [5.41, 5.74) is 6.77. The molecular formula is C13H19N3O3S. The van der Waals surface area contributed by atoms with Crippen molar-refractivity contribution in [2.45, 2.75) is 30.7 Å². The van der Waals surface area contributed by atoms with Gasteiger partial charge in [-0.1, -0.05) is 0 Å². The number of nitrogens with one attached hydrogen (secondary N) is 1. The Kier molecular flexibility index (Phi) is 4.01. The van der Waals surface area contributed by atoms with E-state index < -0.39 is 10.0 Å². The molecule has 1 aromatic rings. The van der Waals surface area contributed by atoms with Crippen LogP contribution in [0.4, 0.5) is 5.69 Å². The number of aryl methyl sites for hydroxylation is 1. The van der Waals surface area contributed by atoms with Gasteiger partial charge in [-0.15, -0.1) is 0 Å². The zero-order valence-corrected chi connectivity index (χ0v) is 12.4. The second-order valence-electron chi connectivity index (χ2n) is 5.16. The largest absolute Gasteiger partial charge is 0.399 e. The zero-order valence-electron chi connectivity index (χ0n) is 11.6. The number of amides is 1. The number of hydrogen-bond acceptors (Lipinski definition) is 4. The van der Waals surface area contributed by atoms with Crippen molar-refractivity contribution in [1.82, 2.24) is 9.62 Å². The van der Waals surface area contributed by atoms with Crippen LogP contribution in [0.3, 0.4) is 0 Å². The van der Waals surface area contributed by atoms with Crippen molar-refractivity contribution in [1.29, 1.82) is 0 Å². The fourth-order valence-corrected chi connectivity index (χ4v) is 3.85. The predicted octanol–water partition coefficient (Wildman–Crippen LogP) is 0.476. The fourth-order valence-electron chi connectivity index (χ4n) is 2.37. The van der Waals surface area contributed by atoms with Crippen LogP contribution in [0.15, 0.2) is 23.1 Å². The number of hydrogen-bond donors (Lipinski definition) is 2. The van der Waals surface area contributed by atoms with Crippen molar-refractivity contribution in [2.75, 3.05) is 19.3 Å². The molecule has 1 unspecified atom stereocenters. The van der Waals surface area contributed by atoms with Crippen LogP contribution in [-0.2, 0) is 14.8 Å². The van der Waals surface area contributed by atoms with Gasteiger partial charge in [-0.05, 0) is 37.1 Å². The van der Waals surface area contributed by atoms with Crippen LogP contribution in [-0.4, -0.2) is 38.9 Å². The Morgan fingerprint density at radius 1 is 1.40 bits per heavy atom. The number of carbonyl (C=O) groups is 1. The molecule has 3 N–H and O–H groups in total. The normalized spacial score (nSPS) is 20.2. The van der Waals surface area contributed by atoms with Crippen molar-refractivity contribution in [2.24, 2.45) is 0 Å². The van der Waals surface area contributed by atoms with Crippen molar-refractivity contribution < 1.29 is 13.2 Å². The molecule has 0 saturated carbocycles. The van der Waals surface area contributed by atoms with Crippen LogP contribution in [0, 0.1) is 6.92 Å². The summed E-state index contributed by atoms with van der Waals surface area (Å²) >= 11 is 0. The third kappa shape index (κ3) is 3.10. The molecule has 1 heterocycles. The summed E-state index contributed by atoms with van der Waals surface area (Å²) < 4.78 is 27.4. The Hall–Kier alpha value is -1.60. The Morgan fingerprint density at radius 3 is 2.70 bits per heavy atom. The third-order valence-corrected chi connectivity index (χ3v) is 5.12. The van der Waals surface area contributed by atoms with E-state index in [0.29, 0.717) is 30.6 Å². The molecule has 1 fully saturated rings. The van der Waals surface area contributed by atoms with E-state index in [2.05, 4.69) is 4.72 Å². The number of nitrogens with zero attached hydrogens (tertiary/aromatic N) is 1. The first-order chi connectivity index (χ1) is 9.29. The molecule has 0 aromatic heterocycles. The molecule has 1 aromatic carbocycles. The summed E-state index contributed by atoms with van der Waals surface area (Å²) in [6, 6.07) is 4.45. The van der Waals surface area contributed by atoms with E-state index in [0.717, 1.165) is 0 Å². The molecule has 1 aliphatic rings. The van der Waals surface area contributed by atoms with Gasteiger partial charge in [0.2, 0.25) is 15.9 Å². The number of carbonyl (C=O) groups excluding carboxylic acids is 1. The lowest BCUT2D eigenvalue weighted by Gasteiger charge is -2.30. The van der Waals surface area contributed by atoms with E-state index in [1.54, 1.807) is 31.0 Å². The molecule has 1 amide bonds. The molecule has 110 valence electrons. The van der Waals surface area contributed by atoms with E-state index in [-0.39, 0.29) is 16.8 Å². The standard InChI is InChI=1S/C13H19N3O3S/c1-9-7-10(14)3-5-12(9)20(18,19)15-11-4-6-13(17)16(2)8-11/h3,5,7,11,15H,4,6,8,14H2,1-2H3. The molecule has 1 saturated heterocycles. The van der Waals surface area contributed by atoms with E-state index in [9.17, 15) is 13.2 Å². The van der Waals surface area contributed by atoms with Gasteiger partial charge in [-0.25, -0.2) is 13.1 Å². The minimum atomic E-state index is -3.59. The van der Waals surface area contributed by atoms with Gasteiger partial charge in [0.1, 0.15) is 0 Å². The quantitative estimate of drug-likeness (QED) is 0.794. The molecule has 1 aliphatic heterocycles. The summed E-state index contributed by atoms with van der Waals surface area (Å²) in [7, 11) is -1.91. The average Bonchev–Trinajstić information content (AvgIpc) is 2.33. The molecule has 1 atom stereocenters. The molecule has 2 rings (SSSR count). The van der Waals surface area contributed by atoms with Gasteiger partial charge >= 0.3 is 0 Å². The lowest BCUT2D eigenvalue weighted by atomic mass is 10.1. The molecule has 6 nitrogen and oxygen atoms in total. The van der Waals surface area contributed by atoms with Crippen LogP contribution in [0.5, 0.6) is 0 Å². The van der Waals surface area contributed by atoms with E-state index in [4.69, 9.17) is 5.73 Å². The molecule has 20 heavy (non-hydrogen) atoms. The maximum atomic E-state index is 12.4. The zero-order chi connectivity index (χ0) is 14.9. The van der Waals surface area contributed by atoms with E-state index in [1.807, 2.05) is 0 Å². The van der Waals surface area contributed by atoms with Gasteiger partial charge in [0.15, 0.2) is 0 Å². The Labute approximate surface area is 119 Å². The molecule has 0 radical (unpaired) electrons. The fraction of sp³-hybridized carbons (Fsp3) is 0.462.